The molecular weight excluding hydrogens is 230 g/mol. The molecule has 0 aliphatic rings. The van der Waals surface area contributed by atoms with Gasteiger partial charge in [-0.05, 0) is 36.8 Å². The Morgan fingerprint density at radius 3 is 2.89 bits per heavy atom. The molecule has 0 fully saturated rings. The number of hydrogen-bond donors (Lipinski definition) is 2. The van der Waals surface area contributed by atoms with Crippen LogP contribution in [0.3, 0.4) is 0 Å². The number of oxime groups is 1. The Labute approximate surface area is 105 Å². The summed E-state index contributed by atoms with van der Waals surface area (Å²) in [5, 5.41) is 11.7. The molecule has 1 aromatic heterocycles. The van der Waals surface area contributed by atoms with E-state index in [4.69, 9.17) is 15.7 Å². The summed E-state index contributed by atoms with van der Waals surface area (Å²) >= 11 is 0. The van der Waals surface area contributed by atoms with Crippen molar-refractivity contribution < 1.29 is 9.94 Å². The van der Waals surface area contributed by atoms with Crippen LogP contribution in [-0.4, -0.2) is 16.0 Å². The highest BCUT2D eigenvalue weighted by atomic mass is 16.5. The molecule has 3 N–H and O–H groups in total. The molecule has 2 aromatic rings. The van der Waals surface area contributed by atoms with Gasteiger partial charge in [-0.2, -0.15) is 0 Å². The van der Waals surface area contributed by atoms with Crippen LogP contribution in [-0.2, 0) is 0 Å². The first-order valence-electron chi connectivity index (χ1n) is 5.38. The van der Waals surface area contributed by atoms with Gasteiger partial charge in [0.05, 0.1) is 5.56 Å². The predicted octanol–water partition coefficient (Wildman–Crippen LogP) is 2.28. The Morgan fingerprint density at radius 1 is 1.33 bits per heavy atom. The van der Waals surface area contributed by atoms with E-state index in [2.05, 4.69) is 10.1 Å². The number of aryl methyl sites for hydroxylation is 1. The maximum Gasteiger partial charge on any atom is 0.230 e. The second kappa shape index (κ2) is 5.18. The zero-order valence-electron chi connectivity index (χ0n) is 9.87. The van der Waals surface area contributed by atoms with Crippen molar-refractivity contribution in [2.24, 2.45) is 10.9 Å². The first-order chi connectivity index (χ1) is 8.70. The molecule has 0 unspecified atom stereocenters. The standard InChI is InChI=1S/C13H13N3O2/c1-9-4-2-5-10(8-9)18-13-11(12(14)16-17)6-3-7-15-13/h2-8,17H,1H3,(H2,14,16). The Hall–Kier alpha value is -2.56. The highest BCUT2D eigenvalue weighted by Crippen LogP contribution is 2.23. The maximum absolute atomic E-state index is 8.70. The second-order valence-electron chi connectivity index (χ2n) is 3.76. The molecule has 0 saturated heterocycles. The number of hydrogen-bond acceptors (Lipinski definition) is 4. The molecule has 0 atom stereocenters. The van der Waals surface area contributed by atoms with E-state index < -0.39 is 0 Å². The van der Waals surface area contributed by atoms with Gasteiger partial charge in [0.2, 0.25) is 5.88 Å². The van der Waals surface area contributed by atoms with E-state index in [1.54, 1.807) is 18.3 Å². The van der Waals surface area contributed by atoms with Crippen LogP contribution in [0.2, 0.25) is 0 Å². The van der Waals surface area contributed by atoms with Crippen LogP contribution in [0.15, 0.2) is 47.8 Å². The van der Waals surface area contributed by atoms with E-state index in [0.717, 1.165) is 5.56 Å². The summed E-state index contributed by atoms with van der Waals surface area (Å²) < 4.78 is 5.63. The Bertz CT molecular complexity index is 582. The van der Waals surface area contributed by atoms with Crippen molar-refractivity contribution in [2.75, 3.05) is 0 Å². The molecule has 5 nitrogen and oxygen atoms in total. The highest BCUT2D eigenvalue weighted by molar-refractivity contribution is 5.99. The summed E-state index contributed by atoms with van der Waals surface area (Å²) in [6.45, 7) is 1.97. The molecule has 0 amide bonds. The molecule has 5 heteroatoms. The third kappa shape index (κ3) is 2.57. The molecule has 0 aliphatic carbocycles. The number of rotatable bonds is 3. The summed E-state index contributed by atoms with van der Waals surface area (Å²) in [6.07, 6.45) is 1.58. The van der Waals surface area contributed by atoms with Crippen molar-refractivity contribution in [3.05, 3.63) is 53.7 Å². The average molecular weight is 243 g/mol. The zero-order valence-corrected chi connectivity index (χ0v) is 9.87. The van der Waals surface area contributed by atoms with Gasteiger partial charge in [-0.15, -0.1) is 0 Å². The number of aromatic nitrogens is 1. The Balaban J connectivity index is 2.35. The lowest BCUT2D eigenvalue weighted by atomic mass is 10.2. The van der Waals surface area contributed by atoms with Gasteiger partial charge in [0.1, 0.15) is 5.75 Å². The predicted molar refractivity (Wildman–Crippen MR) is 68.0 cm³/mol. The van der Waals surface area contributed by atoms with Crippen molar-refractivity contribution in [2.45, 2.75) is 6.92 Å². The monoisotopic (exact) mass is 243 g/mol. The first-order valence-corrected chi connectivity index (χ1v) is 5.38. The van der Waals surface area contributed by atoms with Crippen LogP contribution in [0.4, 0.5) is 0 Å². The third-order valence-electron chi connectivity index (χ3n) is 2.36. The lowest BCUT2D eigenvalue weighted by Gasteiger charge is -2.08. The number of nitrogens with zero attached hydrogens (tertiary/aromatic N) is 2. The minimum Gasteiger partial charge on any atom is -0.438 e. The van der Waals surface area contributed by atoms with Crippen LogP contribution >= 0.6 is 0 Å². The van der Waals surface area contributed by atoms with Crippen molar-refractivity contribution in [3.8, 4) is 11.6 Å². The van der Waals surface area contributed by atoms with Crippen LogP contribution in [0.5, 0.6) is 11.6 Å². The van der Waals surface area contributed by atoms with Gasteiger partial charge in [-0.25, -0.2) is 4.98 Å². The van der Waals surface area contributed by atoms with Crippen molar-refractivity contribution in [3.63, 3.8) is 0 Å². The fraction of sp³-hybridized carbons (Fsp3) is 0.0769. The minimum atomic E-state index is -0.0363. The van der Waals surface area contributed by atoms with Gasteiger partial charge in [-0.1, -0.05) is 17.3 Å². The van der Waals surface area contributed by atoms with Gasteiger partial charge in [0.15, 0.2) is 5.84 Å². The highest BCUT2D eigenvalue weighted by Gasteiger charge is 2.10. The molecule has 1 aromatic carbocycles. The van der Waals surface area contributed by atoms with Gasteiger partial charge >= 0.3 is 0 Å². The molecule has 0 saturated carbocycles. The van der Waals surface area contributed by atoms with Crippen LogP contribution in [0.1, 0.15) is 11.1 Å². The number of amidine groups is 1. The smallest absolute Gasteiger partial charge is 0.230 e. The fourth-order valence-electron chi connectivity index (χ4n) is 1.51. The number of ether oxygens (including phenoxy) is 1. The zero-order chi connectivity index (χ0) is 13.0. The van der Waals surface area contributed by atoms with Crippen molar-refractivity contribution >= 4 is 5.84 Å². The van der Waals surface area contributed by atoms with E-state index in [1.165, 1.54) is 0 Å². The first kappa shape index (κ1) is 11.9. The molecule has 0 radical (unpaired) electrons. The third-order valence-corrected chi connectivity index (χ3v) is 2.36. The Kier molecular flexibility index (Phi) is 3.43. The molecule has 92 valence electrons. The fourth-order valence-corrected chi connectivity index (χ4v) is 1.51. The molecule has 0 bridgehead atoms. The van der Waals surface area contributed by atoms with E-state index >= 15 is 0 Å². The number of benzene rings is 1. The molecule has 0 spiro atoms. The van der Waals surface area contributed by atoms with E-state index in [9.17, 15) is 0 Å². The van der Waals surface area contributed by atoms with E-state index in [0.29, 0.717) is 17.2 Å². The lowest BCUT2D eigenvalue weighted by molar-refractivity contribution is 0.318. The van der Waals surface area contributed by atoms with E-state index in [-0.39, 0.29) is 5.84 Å². The lowest BCUT2D eigenvalue weighted by Crippen LogP contribution is -2.14. The van der Waals surface area contributed by atoms with Crippen molar-refractivity contribution in [1.82, 2.24) is 4.98 Å². The van der Waals surface area contributed by atoms with Crippen LogP contribution in [0, 0.1) is 6.92 Å². The molecule has 18 heavy (non-hydrogen) atoms. The van der Waals surface area contributed by atoms with Gasteiger partial charge < -0.3 is 15.7 Å². The normalized spacial score (nSPS) is 11.3. The maximum atomic E-state index is 8.70. The van der Waals surface area contributed by atoms with Crippen LogP contribution < -0.4 is 10.5 Å². The molecular formula is C13H13N3O2. The summed E-state index contributed by atoms with van der Waals surface area (Å²) in [6, 6.07) is 10.9. The topological polar surface area (TPSA) is 80.7 Å². The van der Waals surface area contributed by atoms with Gasteiger partial charge in [0.25, 0.3) is 0 Å². The molecule has 1 heterocycles. The van der Waals surface area contributed by atoms with Crippen LogP contribution in [0.25, 0.3) is 0 Å². The van der Waals surface area contributed by atoms with Gasteiger partial charge in [-0.3, -0.25) is 0 Å². The Morgan fingerprint density at radius 2 is 2.17 bits per heavy atom. The molecule has 2 rings (SSSR count). The largest absolute Gasteiger partial charge is 0.438 e. The van der Waals surface area contributed by atoms with Crippen molar-refractivity contribution in [1.29, 1.82) is 0 Å². The minimum absolute atomic E-state index is 0.0363. The molecule has 0 aliphatic heterocycles. The van der Waals surface area contributed by atoms with E-state index in [1.807, 2.05) is 31.2 Å². The summed E-state index contributed by atoms with van der Waals surface area (Å²) in [7, 11) is 0. The summed E-state index contributed by atoms with van der Waals surface area (Å²) in [5.41, 5.74) is 7.08. The number of pyridine rings is 1. The summed E-state index contributed by atoms with van der Waals surface area (Å²) in [4.78, 5) is 4.08. The SMILES string of the molecule is Cc1cccc(Oc2ncccc2/C(N)=N/O)c1. The quantitative estimate of drug-likeness (QED) is 0.375. The second-order valence-corrected chi connectivity index (χ2v) is 3.76. The summed E-state index contributed by atoms with van der Waals surface area (Å²) in [5.74, 6) is 0.921. The number of nitrogens with two attached hydrogens (primary N) is 1. The van der Waals surface area contributed by atoms with Gasteiger partial charge in [0, 0.05) is 6.20 Å². The average Bonchev–Trinajstić information content (AvgIpc) is 2.38.